The Morgan fingerprint density at radius 3 is 2.67 bits per heavy atom. The molecule has 1 aliphatic carbocycles. The zero-order valence-corrected chi connectivity index (χ0v) is 13.2. The lowest BCUT2D eigenvalue weighted by atomic mass is 10.1. The summed E-state index contributed by atoms with van der Waals surface area (Å²) in [4.78, 5) is 0. The van der Waals surface area contributed by atoms with Gasteiger partial charge in [-0.25, -0.2) is 0 Å². The number of ether oxygens (including phenoxy) is 1. The molecule has 2 aromatic carbocycles. The molecule has 4 rings (SSSR count). The maximum Gasteiger partial charge on any atom is 0.290 e. The van der Waals surface area contributed by atoms with E-state index < -0.39 is 6.10 Å². The molecular formula is C20H19NO3. The lowest BCUT2D eigenvalue weighted by Gasteiger charge is -2.17. The highest BCUT2D eigenvalue weighted by molar-refractivity contribution is 5.36. The third-order valence-electron chi connectivity index (χ3n) is 4.30. The van der Waals surface area contributed by atoms with Crippen molar-refractivity contribution in [2.45, 2.75) is 25.1 Å². The lowest BCUT2D eigenvalue weighted by molar-refractivity contribution is 0.139. The number of hydrogen-bond donors (Lipinski definition) is 2. The summed E-state index contributed by atoms with van der Waals surface area (Å²) in [5.74, 6) is 1.98. The second kappa shape index (κ2) is 6.51. The predicted octanol–water partition coefficient (Wildman–Crippen LogP) is 3.82. The van der Waals surface area contributed by atoms with Gasteiger partial charge in [-0.05, 0) is 29.3 Å². The van der Waals surface area contributed by atoms with Gasteiger partial charge in [-0.1, -0.05) is 42.5 Å². The molecule has 24 heavy (non-hydrogen) atoms. The fourth-order valence-electron chi connectivity index (χ4n) is 3.14. The van der Waals surface area contributed by atoms with E-state index in [4.69, 9.17) is 9.15 Å². The molecule has 122 valence electrons. The zero-order chi connectivity index (χ0) is 16.4. The molecule has 0 fully saturated rings. The van der Waals surface area contributed by atoms with E-state index in [0.29, 0.717) is 18.9 Å². The molecule has 0 bridgehead atoms. The second-order valence-electron chi connectivity index (χ2n) is 5.96. The highest BCUT2D eigenvalue weighted by atomic mass is 16.6. The van der Waals surface area contributed by atoms with Gasteiger partial charge in [0.1, 0.15) is 11.5 Å². The van der Waals surface area contributed by atoms with Crippen molar-refractivity contribution in [1.29, 1.82) is 0 Å². The summed E-state index contributed by atoms with van der Waals surface area (Å²) in [6.07, 6.45) is 0.284. The maximum absolute atomic E-state index is 10.3. The highest BCUT2D eigenvalue weighted by Crippen LogP contribution is 2.32. The molecule has 4 nitrogen and oxygen atoms in total. The average molecular weight is 321 g/mol. The molecule has 0 saturated carbocycles. The first kappa shape index (κ1) is 15.0. The minimum Gasteiger partial charge on any atom is -0.429 e. The van der Waals surface area contributed by atoms with Gasteiger partial charge >= 0.3 is 0 Å². The van der Waals surface area contributed by atoms with Crippen LogP contribution in [-0.2, 0) is 13.0 Å². The van der Waals surface area contributed by atoms with Crippen molar-refractivity contribution in [3.05, 3.63) is 83.6 Å². The van der Waals surface area contributed by atoms with Crippen molar-refractivity contribution in [2.75, 3.05) is 0 Å². The molecular weight excluding hydrogens is 302 g/mol. The van der Waals surface area contributed by atoms with Gasteiger partial charge in [0.15, 0.2) is 0 Å². The van der Waals surface area contributed by atoms with Crippen molar-refractivity contribution >= 4 is 0 Å². The van der Waals surface area contributed by atoms with Gasteiger partial charge in [0.05, 0.1) is 18.7 Å². The van der Waals surface area contributed by atoms with Crippen LogP contribution in [0.5, 0.6) is 11.7 Å². The average Bonchev–Trinajstić information content (AvgIpc) is 3.17. The van der Waals surface area contributed by atoms with E-state index in [1.807, 2.05) is 54.6 Å². The van der Waals surface area contributed by atoms with Crippen LogP contribution in [0, 0.1) is 0 Å². The highest BCUT2D eigenvalue weighted by Gasteiger charge is 2.30. The molecule has 4 heteroatoms. The smallest absolute Gasteiger partial charge is 0.290 e. The van der Waals surface area contributed by atoms with Crippen LogP contribution in [0.1, 0.15) is 22.9 Å². The number of aliphatic hydroxyl groups is 1. The zero-order valence-electron chi connectivity index (χ0n) is 13.2. The van der Waals surface area contributed by atoms with Crippen LogP contribution in [0.4, 0.5) is 0 Å². The van der Waals surface area contributed by atoms with Crippen LogP contribution >= 0.6 is 0 Å². The summed E-state index contributed by atoms with van der Waals surface area (Å²) in [7, 11) is 0. The Kier molecular flexibility index (Phi) is 4.07. The van der Waals surface area contributed by atoms with Crippen molar-refractivity contribution < 1.29 is 14.3 Å². The van der Waals surface area contributed by atoms with Crippen molar-refractivity contribution in [2.24, 2.45) is 0 Å². The summed E-state index contributed by atoms with van der Waals surface area (Å²) in [5, 5.41) is 13.7. The number of nitrogens with one attached hydrogen (secondary N) is 1. The molecule has 3 aromatic rings. The molecule has 0 radical (unpaired) electrons. The standard InChI is InChI=1S/C20H19NO3/c22-18-12-14-6-4-5-9-17(14)20(18)21-13-16-10-11-19(24-16)23-15-7-2-1-3-8-15/h1-11,18,20-22H,12-13H2/t18-,20+/m0/s1. The van der Waals surface area contributed by atoms with Gasteiger partial charge in [0.2, 0.25) is 0 Å². The molecule has 2 N–H and O–H groups in total. The number of aliphatic hydroxyl groups excluding tert-OH is 1. The van der Waals surface area contributed by atoms with E-state index in [0.717, 1.165) is 17.1 Å². The van der Waals surface area contributed by atoms with Crippen molar-refractivity contribution in [3.63, 3.8) is 0 Å². The number of rotatable bonds is 5. The monoisotopic (exact) mass is 321 g/mol. The van der Waals surface area contributed by atoms with E-state index in [1.165, 1.54) is 5.56 Å². The van der Waals surface area contributed by atoms with Crippen LogP contribution in [-0.4, -0.2) is 11.2 Å². The van der Waals surface area contributed by atoms with Gasteiger partial charge < -0.3 is 19.6 Å². The van der Waals surface area contributed by atoms with E-state index in [1.54, 1.807) is 0 Å². The van der Waals surface area contributed by atoms with E-state index in [-0.39, 0.29) is 6.04 Å². The van der Waals surface area contributed by atoms with Crippen molar-refractivity contribution in [3.8, 4) is 11.7 Å². The second-order valence-corrected chi connectivity index (χ2v) is 5.96. The molecule has 1 heterocycles. The fourth-order valence-corrected chi connectivity index (χ4v) is 3.14. The van der Waals surface area contributed by atoms with Crippen LogP contribution in [0.2, 0.25) is 0 Å². The van der Waals surface area contributed by atoms with E-state index in [2.05, 4.69) is 17.4 Å². The molecule has 0 unspecified atom stereocenters. The summed E-state index contributed by atoms with van der Waals surface area (Å²) < 4.78 is 11.4. The molecule has 1 aromatic heterocycles. The van der Waals surface area contributed by atoms with Crippen LogP contribution in [0.15, 0.2) is 71.1 Å². The minimum atomic E-state index is -0.405. The first-order valence-corrected chi connectivity index (χ1v) is 8.10. The maximum atomic E-state index is 10.3. The first-order valence-electron chi connectivity index (χ1n) is 8.10. The van der Waals surface area contributed by atoms with Gasteiger partial charge in [-0.3, -0.25) is 0 Å². The summed E-state index contributed by atoms with van der Waals surface area (Å²) >= 11 is 0. The number of benzene rings is 2. The molecule has 0 spiro atoms. The summed E-state index contributed by atoms with van der Waals surface area (Å²) in [6.45, 7) is 0.536. The van der Waals surface area contributed by atoms with Crippen LogP contribution in [0.25, 0.3) is 0 Å². The largest absolute Gasteiger partial charge is 0.429 e. The summed E-state index contributed by atoms with van der Waals surface area (Å²) in [5.41, 5.74) is 2.37. The number of para-hydroxylation sites is 1. The number of hydrogen-bond acceptors (Lipinski definition) is 4. The molecule has 0 aliphatic heterocycles. The Labute approximate surface area is 140 Å². The minimum absolute atomic E-state index is 0.0650. The topological polar surface area (TPSA) is 54.6 Å². The van der Waals surface area contributed by atoms with Gasteiger partial charge in [-0.2, -0.15) is 0 Å². The predicted molar refractivity (Wildman–Crippen MR) is 91.0 cm³/mol. The van der Waals surface area contributed by atoms with Crippen molar-refractivity contribution in [1.82, 2.24) is 5.32 Å². The molecule has 2 atom stereocenters. The van der Waals surface area contributed by atoms with E-state index >= 15 is 0 Å². The SMILES string of the molecule is O[C@H]1Cc2ccccc2[C@H]1NCc1ccc(Oc2ccccc2)o1. The fraction of sp³-hybridized carbons (Fsp3) is 0.200. The summed E-state index contributed by atoms with van der Waals surface area (Å²) in [6, 6.07) is 21.3. The van der Waals surface area contributed by atoms with E-state index in [9.17, 15) is 5.11 Å². The molecule has 1 aliphatic rings. The Morgan fingerprint density at radius 2 is 1.79 bits per heavy atom. The first-order chi connectivity index (χ1) is 11.8. The number of fused-ring (bicyclic) bond motifs is 1. The third-order valence-corrected chi connectivity index (χ3v) is 4.30. The Hall–Kier alpha value is -2.56. The molecule has 0 saturated heterocycles. The third kappa shape index (κ3) is 3.07. The van der Waals surface area contributed by atoms with Gasteiger partial charge in [0, 0.05) is 12.5 Å². The van der Waals surface area contributed by atoms with Crippen LogP contribution < -0.4 is 10.1 Å². The Bertz CT molecular complexity index is 813. The van der Waals surface area contributed by atoms with Gasteiger partial charge in [-0.15, -0.1) is 0 Å². The number of furan rings is 1. The Morgan fingerprint density at radius 1 is 1.00 bits per heavy atom. The molecule has 0 amide bonds. The lowest BCUT2D eigenvalue weighted by Crippen LogP contribution is -2.28. The normalized spacial score (nSPS) is 19.2. The van der Waals surface area contributed by atoms with Crippen LogP contribution in [0.3, 0.4) is 0 Å². The van der Waals surface area contributed by atoms with Gasteiger partial charge in [0.25, 0.3) is 5.95 Å². The Balaban J connectivity index is 1.40. The quantitative estimate of drug-likeness (QED) is 0.750.